The number of halogens is 2. The Hall–Kier alpha value is -2.13. The minimum atomic E-state index is -1.08. The molecule has 22 heavy (non-hydrogen) atoms. The molecule has 5 nitrogen and oxygen atoms in total. The summed E-state index contributed by atoms with van der Waals surface area (Å²) in [5.41, 5.74) is -1.43. The van der Waals surface area contributed by atoms with Crippen LogP contribution >= 0.6 is 11.6 Å². The summed E-state index contributed by atoms with van der Waals surface area (Å²) in [4.78, 5) is 23.5. The van der Waals surface area contributed by atoms with Gasteiger partial charge in [0.2, 0.25) is 0 Å². The molecular weight excluding hydrogens is 311 g/mol. The topological polar surface area (TPSA) is 79.2 Å². The van der Waals surface area contributed by atoms with Crippen molar-refractivity contribution in [3.8, 4) is 6.07 Å². The highest BCUT2D eigenvalue weighted by atomic mass is 35.5. The first-order valence-electron chi connectivity index (χ1n) is 6.54. The van der Waals surface area contributed by atoms with Crippen LogP contribution < -0.4 is 5.32 Å². The summed E-state index contributed by atoms with van der Waals surface area (Å²) in [7, 11) is 0. The molecule has 7 heteroatoms. The Morgan fingerprint density at radius 3 is 2.68 bits per heavy atom. The number of nitriles is 1. The summed E-state index contributed by atoms with van der Waals surface area (Å²) >= 11 is 5.67. The van der Waals surface area contributed by atoms with E-state index in [1.54, 1.807) is 20.8 Å². The number of hydrogen-bond acceptors (Lipinski definition) is 4. The maximum absolute atomic E-state index is 13.5. The summed E-state index contributed by atoms with van der Waals surface area (Å²) in [6.45, 7) is 4.50. The van der Waals surface area contributed by atoms with E-state index in [9.17, 15) is 14.0 Å². The molecule has 1 atom stereocenters. The first-order valence-corrected chi connectivity index (χ1v) is 6.92. The number of carbonyl (C=O) groups is 2. The van der Waals surface area contributed by atoms with Crippen LogP contribution in [0.15, 0.2) is 18.2 Å². The highest BCUT2D eigenvalue weighted by Crippen LogP contribution is 2.16. The normalized spacial score (nSPS) is 13.1. The summed E-state index contributed by atoms with van der Waals surface area (Å²) < 4.78 is 18.2. The van der Waals surface area contributed by atoms with Gasteiger partial charge in [0, 0.05) is 5.02 Å². The number of nitrogens with one attached hydrogen (secondary N) is 1. The van der Waals surface area contributed by atoms with E-state index in [2.05, 4.69) is 5.32 Å². The van der Waals surface area contributed by atoms with E-state index < -0.39 is 29.8 Å². The molecule has 0 saturated heterocycles. The van der Waals surface area contributed by atoms with Crippen LogP contribution in [0.1, 0.15) is 31.1 Å². The predicted molar refractivity (Wildman–Crippen MR) is 78.7 cm³/mol. The van der Waals surface area contributed by atoms with E-state index in [4.69, 9.17) is 21.6 Å². The molecule has 0 unspecified atom stereocenters. The van der Waals surface area contributed by atoms with Crippen LogP contribution in [0.3, 0.4) is 0 Å². The Labute approximate surface area is 133 Å². The number of amides is 1. The molecule has 1 N–H and O–H groups in total. The fraction of sp³-hybridized carbons (Fsp3) is 0.400. The van der Waals surface area contributed by atoms with Gasteiger partial charge in [-0.25, -0.2) is 9.18 Å². The van der Waals surface area contributed by atoms with Crippen molar-refractivity contribution in [2.75, 3.05) is 6.61 Å². The van der Waals surface area contributed by atoms with E-state index in [0.717, 1.165) is 12.1 Å². The highest BCUT2D eigenvalue weighted by Gasteiger charge is 2.30. The maximum Gasteiger partial charge on any atom is 0.341 e. The zero-order chi connectivity index (χ0) is 16.9. The largest absolute Gasteiger partial charge is 0.452 e. The lowest BCUT2D eigenvalue weighted by Crippen LogP contribution is -2.50. The van der Waals surface area contributed by atoms with Crippen LogP contribution in [0.2, 0.25) is 5.02 Å². The molecule has 0 bridgehead atoms. The van der Waals surface area contributed by atoms with Crippen molar-refractivity contribution in [2.45, 2.75) is 26.3 Å². The standard InChI is InChI=1S/C15H16ClFN2O3/c1-9(2)15(3,8-18)19-13(20)7-22-14(21)11-6-10(16)4-5-12(11)17/h4-6,9H,7H2,1-3H3,(H,19,20)/t15-/m1/s1. The van der Waals surface area contributed by atoms with E-state index in [1.807, 2.05) is 6.07 Å². The predicted octanol–water partition coefficient (Wildman–Crippen LogP) is 2.69. The molecule has 1 amide bonds. The summed E-state index contributed by atoms with van der Waals surface area (Å²) in [5, 5.41) is 11.7. The number of ether oxygens (including phenoxy) is 1. The number of benzene rings is 1. The zero-order valence-electron chi connectivity index (χ0n) is 12.4. The Kier molecular flexibility index (Phi) is 5.89. The Bertz CT molecular complexity index is 628. The molecule has 0 aliphatic carbocycles. The van der Waals surface area contributed by atoms with Crippen molar-refractivity contribution >= 4 is 23.5 Å². The number of esters is 1. The third kappa shape index (κ3) is 4.43. The van der Waals surface area contributed by atoms with Crippen LogP contribution in [0.5, 0.6) is 0 Å². The Balaban J connectivity index is 2.67. The molecule has 0 spiro atoms. The SMILES string of the molecule is CC(C)[C@@](C)(C#N)NC(=O)COC(=O)c1cc(Cl)ccc1F. The van der Waals surface area contributed by atoms with Gasteiger partial charge in [-0.1, -0.05) is 25.4 Å². The summed E-state index contributed by atoms with van der Waals surface area (Å²) in [5.74, 6) is -2.58. The van der Waals surface area contributed by atoms with Crippen LogP contribution in [0.4, 0.5) is 4.39 Å². The molecule has 1 aromatic carbocycles. The van der Waals surface area contributed by atoms with Crippen LogP contribution in [-0.2, 0) is 9.53 Å². The molecule has 1 aromatic rings. The second-order valence-electron chi connectivity index (χ2n) is 5.22. The third-order valence-electron chi connectivity index (χ3n) is 3.27. The van der Waals surface area contributed by atoms with E-state index in [-0.39, 0.29) is 16.5 Å². The third-order valence-corrected chi connectivity index (χ3v) is 3.50. The maximum atomic E-state index is 13.5. The van der Waals surface area contributed by atoms with E-state index >= 15 is 0 Å². The fourth-order valence-corrected chi connectivity index (χ4v) is 1.66. The molecular formula is C15H16ClFN2O3. The van der Waals surface area contributed by atoms with Crippen molar-refractivity contribution in [3.05, 3.63) is 34.6 Å². The molecule has 0 aromatic heterocycles. The number of hydrogen-bond donors (Lipinski definition) is 1. The Morgan fingerprint density at radius 1 is 1.50 bits per heavy atom. The van der Waals surface area contributed by atoms with Crippen molar-refractivity contribution < 1.29 is 18.7 Å². The lowest BCUT2D eigenvalue weighted by Gasteiger charge is -2.27. The first-order chi connectivity index (χ1) is 10.2. The minimum Gasteiger partial charge on any atom is -0.452 e. The quantitative estimate of drug-likeness (QED) is 0.844. The molecule has 118 valence electrons. The van der Waals surface area contributed by atoms with Gasteiger partial charge in [-0.2, -0.15) is 5.26 Å². The van der Waals surface area contributed by atoms with Crippen LogP contribution in [-0.4, -0.2) is 24.0 Å². The van der Waals surface area contributed by atoms with Crippen LogP contribution in [0, 0.1) is 23.1 Å². The molecule has 0 radical (unpaired) electrons. The molecule has 0 heterocycles. The van der Waals surface area contributed by atoms with Crippen molar-refractivity contribution in [1.82, 2.24) is 5.32 Å². The van der Waals surface area contributed by atoms with Crippen molar-refractivity contribution in [1.29, 1.82) is 5.26 Å². The lowest BCUT2D eigenvalue weighted by molar-refractivity contribution is -0.125. The molecule has 0 fully saturated rings. The van der Waals surface area contributed by atoms with E-state index in [1.165, 1.54) is 6.07 Å². The van der Waals surface area contributed by atoms with Gasteiger partial charge < -0.3 is 10.1 Å². The molecule has 0 aliphatic rings. The smallest absolute Gasteiger partial charge is 0.341 e. The zero-order valence-corrected chi connectivity index (χ0v) is 13.2. The minimum absolute atomic E-state index is 0.137. The van der Waals surface area contributed by atoms with E-state index in [0.29, 0.717) is 0 Å². The van der Waals surface area contributed by atoms with Gasteiger partial charge in [0.1, 0.15) is 11.4 Å². The summed E-state index contributed by atoms with van der Waals surface area (Å²) in [6, 6.07) is 5.44. The molecule has 0 aliphatic heterocycles. The Morgan fingerprint density at radius 2 is 2.14 bits per heavy atom. The second kappa shape index (κ2) is 7.23. The fourth-order valence-electron chi connectivity index (χ4n) is 1.49. The van der Waals surface area contributed by atoms with Crippen molar-refractivity contribution in [3.63, 3.8) is 0 Å². The number of carbonyl (C=O) groups excluding carboxylic acids is 2. The van der Waals surface area contributed by atoms with Gasteiger partial charge in [0.25, 0.3) is 5.91 Å². The molecule has 0 saturated carbocycles. The van der Waals surface area contributed by atoms with Gasteiger partial charge in [-0.3, -0.25) is 4.79 Å². The van der Waals surface area contributed by atoms with Gasteiger partial charge in [-0.15, -0.1) is 0 Å². The first kappa shape index (κ1) is 17.9. The van der Waals surface area contributed by atoms with Gasteiger partial charge in [-0.05, 0) is 31.0 Å². The average Bonchev–Trinajstić information content (AvgIpc) is 2.46. The summed E-state index contributed by atoms with van der Waals surface area (Å²) in [6.07, 6.45) is 0. The van der Waals surface area contributed by atoms with Gasteiger partial charge in [0.05, 0.1) is 11.6 Å². The monoisotopic (exact) mass is 326 g/mol. The lowest BCUT2D eigenvalue weighted by atomic mass is 9.90. The van der Waals surface area contributed by atoms with Gasteiger partial charge in [0.15, 0.2) is 6.61 Å². The van der Waals surface area contributed by atoms with Gasteiger partial charge >= 0.3 is 5.97 Å². The number of rotatable bonds is 5. The highest BCUT2D eigenvalue weighted by molar-refractivity contribution is 6.30. The molecule has 1 rings (SSSR count). The second-order valence-corrected chi connectivity index (χ2v) is 5.65. The average molecular weight is 327 g/mol. The van der Waals surface area contributed by atoms with Crippen LogP contribution in [0.25, 0.3) is 0 Å². The van der Waals surface area contributed by atoms with Crippen molar-refractivity contribution in [2.24, 2.45) is 5.92 Å². The number of nitrogens with zero attached hydrogens (tertiary/aromatic N) is 1.